The summed E-state index contributed by atoms with van der Waals surface area (Å²) in [6.45, 7) is 4.21. The number of piperidine rings is 1. The zero-order valence-corrected chi connectivity index (χ0v) is 22.2. The molecule has 0 saturated carbocycles. The van der Waals surface area contributed by atoms with Crippen LogP contribution >= 0.6 is 11.6 Å². The molecule has 2 fully saturated rings. The van der Waals surface area contributed by atoms with Gasteiger partial charge in [0, 0.05) is 56.4 Å². The average molecular weight is 525 g/mol. The molecule has 4 atom stereocenters. The molecular weight excluding hydrogens is 484 g/mol. The van der Waals surface area contributed by atoms with E-state index in [1.165, 1.54) is 13.5 Å². The SMILES string of the molecule is CN[C@H](CNC(=O)N1CCC[C@@H](C(OCCNC(=O)OC)c2cccc(Cl)c2)C1)C[C@H]1CCCOC1. The molecule has 9 nitrogen and oxygen atoms in total. The number of carbonyl (C=O) groups excluding carboxylic acids is 2. The lowest BCUT2D eigenvalue weighted by Gasteiger charge is -2.37. The third-order valence-electron chi connectivity index (χ3n) is 6.99. The van der Waals surface area contributed by atoms with Gasteiger partial charge in [-0.1, -0.05) is 23.7 Å². The molecule has 2 saturated heterocycles. The maximum absolute atomic E-state index is 13.1. The van der Waals surface area contributed by atoms with Crippen LogP contribution in [0.3, 0.4) is 0 Å². The normalized spacial score (nSPS) is 21.9. The Labute approximate surface area is 219 Å². The lowest BCUT2D eigenvalue weighted by molar-refractivity contribution is -0.00851. The molecule has 202 valence electrons. The van der Waals surface area contributed by atoms with Crippen LogP contribution in [0.4, 0.5) is 9.59 Å². The van der Waals surface area contributed by atoms with Gasteiger partial charge in [-0.25, -0.2) is 9.59 Å². The van der Waals surface area contributed by atoms with Gasteiger partial charge in [0.2, 0.25) is 0 Å². The van der Waals surface area contributed by atoms with Crippen LogP contribution in [-0.4, -0.2) is 83.2 Å². The summed E-state index contributed by atoms with van der Waals surface area (Å²) in [5.41, 5.74) is 0.970. The van der Waals surface area contributed by atoms with E-state index in [0.717, 1.165) is 51.0 Å². The number of hydrogen-bond acceptors (Lipinski definition) is 6. The number of ether oxygens (including phenoxy) is 3. The molecule has 3 amide bonds. The summed E-state index contributed by atoms with van der Waals surface area (Å²) in [5.74, 6) is 0.650. The first-order valence-electron chi connectivity index (χ1n) is 13.0. The topological polar surface area (TPSA) is 101 Å². The average Bonchev–Trinajstić information content (AvgIpc) is 2.91. The minimum Gasteiger partial charge on any atom is -0.453 e. The molecule has 0 aliphatic carbocycles. The number of halogens is 1. The molecule has 36 heavy (non-hydrogen) atoms. The van der Waals surface area contributed by atoms with Crippen molar-refractivity contribution in [2.75, 3.05) is 60.2 Å². The third kappa shape index (κ3) is 9.10. The molecule has 2 aliphatic heterocycles. The van der Waals surface area contributed by atoms with Gasteiger partial charge in [-0.05, 0) is 62.8 Å². The number of alkyl carbamates (subject to hydrolysis) is 1. The van der Waals surface area contributed by atoms with Crippen LogP contribution in [0.25, 0.3) is 0 Å². The second-order valence-electron chi connectivity index (χ2n) is 9.60. The summed E-state index contributed by atoms with van der Waals surface area (Å²) in [6, 6.07) is 7.81. The molecule has 3 rings (SSSR count). The molecule has 1 aromatic carbocycles. The number of benzene rings is 1. The van der Waals surface area contributed by atoms with Gasteiger partial charge in [-0.3, -0.25) is 0 Å². The first-order chi connectivity index (χ1) is 17.5. The van der Waals surface area contributed by atoms with Crippen molar-refractivity contribution < 1.29 is 23.8 Å². The maximum Gasteiger partial charge on any atom is 0.406 e. The predicted octanol–water partition coefficient (Wildman–Crippen LogP) is 3.58. The number of nitrogens with zero attached hydrogens (tertiary/aromatic N) is 1. The van der Waals surface area contributed by atoms with Crippen molar-refractivity contribution in [3.8, 4) is 0 Å². The maximum atomic E-state index is 13.1. The van der Waals surface area contributed by atoms with Gasteiger partial charge >= 0.3 is 12.1 Å². The molecule has 0 spiro atoms. The molecule has 0 bridgehead atoms. The van der Waals surface area contributed by atoms with Crippen molar-refractivity contribution in [3.05, 3.63) is 34.9 Å². The van der Waals surface area contributed by atoms with Gasteiger partial charge in [-0.2, -0.15) is 0 Å². The molecule has 2 heterocycles. The largest absolute Gasteiger partial charge is 0.453 e. The van der Waals surface area contributed by atoms with Crippen molar-refractivity contribution in [3.63, 3.8) is 0 Å². The zero-order chi connectivity index (χ0) is 25.8. The highest BCUT2D eigenvalue weighted by molar-refractivity contribution is 6.30. The number of rotatable bonds is 11. The Morgan fingerprint density at radius 2 is 2.11 bits per heavy atom. The van der Waals surface area contributed by atoms with Gasteiger partial charge < -0.3 is 35.1 Å². The number of carbonyl (C=O) groups is 2. The van der Waals surface area contributed by atoms with Gasteiger partial charge in [0.15, 0.2) is 0 Å². The van der Waals surface area contributed by atoms with Crippen molar-refractivity contribution in [2.45, 2.75) is 44.2 Å². The summed E-state index contributed by atoms with van der Waals surface area (Å²) in [4.78, 5) is 26.3. The number of likely N-dealkylation sites (N-methyl/N-ethyl adjacent to an activating group) is 1. The highest BCUT2D eigenvalue weighted by Gasteiger charge is 2.31. The molecular formula is C26H41ClN4O5. The molecule has 0 aromatic heterocycles. The Balaban J connectivity index is 1.56. The van der Waals surface area contributed by atoms with E-state index in [0.29, 0.717) is 37.2 Å². The number of likely N-dealkylation sites (tertiary alicyclic amines) is 1. The van der Waals surface area contributed by atoms with E-state index in [1.807, 2.05) is 36.2 Å². The Morgan fingerprint density at radius 1 is 1.25 bits per heavy atom. The first kappa shape index (κ1) is 28.5. The fourth-order valence-electron chi connectivity index (χ4n) is 5.06. The van der Waals surface area contributed by atoms with E-state index in [2.05, 4.69) is 20.7 Å². The number of hydrogen-bond donors (Lipinski definition) is 3. The van der Waals surface area contributed by atoms with Crippen molar-refractivity contribution in [2.24, 2.45) is 11.8 Å². The standard InChI is InChI=1S/C26H41ClN4O5/c1-28-23(14-19-6-5-12-35-18-19)16-30-25(32)31-11-4-8-21(17-31)24(20-7-3-9-22(27)15-20)36-13-10-29-26(33)34-2/h3,7,9,15,19,21,23-24,28H,4-6,8,10-14,16-18H2,1-2H3,(H,29,33)(H,30,32)/t19-,21-,23+,24?/m1/s1. The van der Waals surface area contributed by atoms with Crippen molar-refractivity contribution in [1.82, 2.24) is 20.9 Å². The highest BCUT2D eigenvalue weighted by Crippen LogP contribution is 2.34. The van der Waals surface area contributed by atoms with Gasteiger partial charge in [-0.15, -0.1) is 0 Å². The Bertz CT molecular complexity index is 823. The van der Waals surface area contributed by atoms with Crippen molar-refractivity contribution in [1.29, 1.82) is 0 Å². The fraction of sp³-hybridized carbons (Fsp3) is 0.692. The minimum atomic E-state index is -0.491. The van der Waals surface area contributed by atoms with Crippen LogP contribution < -0.4 is 16.0 Å². The molecule has 2 aliphatic rings. The summed E-state index contributed by atoms with van der Waals surface area (Å²) >= 11 is 6.27. The lowest BCUT2D eigenvalue weighted by atomic mass is 9.88. The zero-order valence-electron chi connectivity index (χ0n) is 21.5. The molecule has 10 heteroatoms. The minimum absolute atomic E-state index is 0.0444. The number of amides is 3. The van der Waals surface area contributed by atoms with E-state index in [9.17, 15) is 9.59 Å². The van der Waals surface area contributed by atoms with Crippen LogP contribution in [-0.2, 0) is 14.2 Å². The third-order valence-corrected chi connectivity index (χ3v) is 7.22. The van der Waals surface area contributed by atoms with Crippen LogP contribution in [0.15, 0.2) is 24.3 Å². The quantitative estimate of drug-likeness (QED) is 0.382. The summed E-state index contributed by atoms with van der Waals surface area (Å²) < 4.78 is 16.5. The second kappa shape index (κ2) is 15.2. The van der Waals surface area contributed by atoms with E-state index in [-0.39, 0.29) is 24.1 Å². The smallest absolute Gasteiger partial charge is 0.406 e. The van der Waals surface area contributed by atoms with Crippen LogP contribution in [0.1, 0.15) is 43.8 Å². The fourth-order valence-corrected chi connectivity index (χ4v) is 5.26. The van der Waals surface area contributed by atoms with E-state index >= 15 is 0 Å². The van der Waals surface area contributed by atoms with E-state index < -0.39 is 6.09 Å². The van der Waals surface area contributed by atoms with Crippen LogP contribution in [0.2, 0.25) is 5.02 Å². The van der Waals surface area contributed by atoms with Gasteiger partial charge in [0.25, 0.3) is 0 Å². The molecule has 1 unspecified atom stereocenters. The first-order valence-corrected chi connectivity index (χ1v) is 13.3. The Hall–Kier alpha value is -2.07. The van der Waals surface area contributed by atoms with E-state index in [1.54, 1.807) is 0 Å². The number of urea groups is 1. The molecule has 3 N–H and O–H groups in total. The molecule has 1 aromatic rings. The van der Waals surface area contributed by atoms with Crippen LogP contribution in [0, 0.1) is 11.8 Å². The number of nitrogens with one attached hydrogen (secondary N) is 3. The van der Waals surface area contributed by atoms with Gasteiger partial charge in [0.1, 0.15) is 0 Å². The number of methoxy groups -OCH3 is 1. The van der Waals surface area contributed by atoms with Crippen LogP contribution in [0.5, 0.6) is 0 Å². The Morgan fingerprint density at radius 3 is 2.83 bits per heavy atom. The van der Waals surface area contributed by atoms with Gasteiger partial charge in [0.05, 0.1) is 19.8 Å². The highest BCUT2D eigenvalue weighted by atomic mass is 35.5. The second-order valence-corrected chi connectivity index (χ2v) is 10.0. The van der Waals surface area contributed by atoms with Crippen molar-refractivity contribution >= 4 is 23.7 Å². The monoisotopic (exact) mass is 524 g/mol. The van der Waals surface area contributed by atoms with E-state index in [4.69, 9.17) is 21.1 Å². The summed E-state index contributed by atoms with van der Waals surface area (Å²) in [5, 5.41) is 9.76. The Kier molecular flexibility index (Phi) is 12.1. The predicted molar refractivity (Wildman–Crippen MR) is 139 cm³/mol. The lowest BCUT2D eigenvalue weighted by Crippen LogP contribution is -2.50. The molecule has 0 radical (unpaired) electrons. The summed E-state index contributed by atoms with van der Waals surface area (Å²) in [7, 11) is 3.27. The summed E-state index contributed by atoms with van der Waals surface area (Å²) in [6.07, 6.45) is 4.38.